The van der Waals surface area contributed by atoms with Gasteiger partial charge >= 0.3 is 0 Å². The van der Waals surface area contributed by atoms with Gasteiger partial charge in [-0.25, -0.2) is 4.98 Å². The van der Waals surface area contributed by atoms with E-state index in [1.807, 2.05) is 35.8 Å². The fourth-order valence-corrected chi connectivity index (χ4v) is 2.23. The topological polar surface area (TPSA) is 50.9 Å². The number of hydrogen-bond acceptors (Lipinski definition) is 4. The van der Waals surface area contributed by atoms with Crippen LogP contribution in [0.15, 0.2) is 35.8 Å². The summed E-state index contributed by atoms with van der Waals surface area (Å²) in [5.41, 5.74) is 7.31. The molecule has 0 unspecified atom stereocenters. The molecule has 0 aliphatic heterocycles. The van der Waals surface area contributed by atoms with Gasteiger partial charge in [0, 0.05) is 23.0 Å². The highest BCUT2D eigenvalue weighted by Crippen LogP contribution is 2.27. The summed E-state index contributed by atoms with van der Waals surface area (Å²) in [6, 6.07) is 7.73. The highest BCUT2D eigenvalue weighted by molar-refractivity contribution is 7.09. The van der Waals surface area contributed by atoms with E-state index in [1.165, 1.54) is 0 Å². The quantitative estimate of drug-likeness (QED) is 0.801. The molecule has 84 valence electrons. The number of anilines is 2. The lowest BCUT2D eigenvalue weighted by atomic mass is 10.1. The molecule has 0 spiro atoms. The number of aromatic nitrogens is 1. The van der Waals surface area contributed by atoms with Crippen LogP contribution in [0.1, 0.15) is 18.9 Å². The van der Waals surface area contributed by atoms with E-state index in [9.17, 15) is 0 Å². The third-order valence-corrected chi connectivity index (χ3v) is 3.43. The third kappa shape index (κ3) is 2.33. The first-order chi connectivity index (χ1) is 7.58. The lowest BCUT2D eigenvalue weighted by Crippen LogP contribution is -2.27. The van der Waals surface area contributed by atoms with E-state index in [0.29, 0.717) is 0 Å². The Kier molecular flexibility index (Phi) is 2.83. The summed E-state index contributed by atoms with van der Waals surface area (Å²) < 4.78 is 0. The maximum Gasteiger partial charge on any atom is 0.117 e. The monoisotopic (exact) mass is 233 g/mol. The van der Waals surface area contributed by atoms with Crippen LogP contribution >= 0.6 is 11.3 Å². The third-order valence-electron chi connectivity index (χ3n) is 2.33. The van der Waals surface area contributed by atoms with Crippen LogP contribution in [0.3, 0.4) is 0 Å². The van der Waals surface area contributed by atoms with Gasteiger partial charge in [0.2, 0.25) is 0 Å². The minimum atomic E-state index is -0.162. The van der Waals surface area contributed by atoms with E-state index in [-0.39, 0.29) is 5.54 Å². The summed E-state index contributed by atoms with van der Waals surface area (Å²) in [6.07, 6.45) is 1.83. The fourth-order valence-electron chi connectivity index (χ4n) is 1.51. The average Bonchev–Trinajstić information content (AvgIpc) is 2.75. The minimum absolute atomic E-state index is 0.162. The number of nitrogens with zero attached hydrogens (tertiary/aromatic N) is 1. The number of nitrogen functional groups attached to an aromatic ring is 1. The van der Waals surface area contributed by atoms with Gasteiger partial charge in [0.05, 0.1) is 5.54 Å². The van der Waals surface area contributed by atoms with E-state index >= 15 is 0 Å². The van der Waals surface area contributed by atoms with Crippen LogP contribution < -0.4 is 11.1 Å². The van der Waals surface area contributed by atoms with Crippen molar-refractivity contribution in [3.05, 3.63) is 40.8 Å². The Bertz CT molecular complexity index is 446. The second-order valence-corrected chi connectivity index (χ2v) is 5.10. The van der Waals surface area contributed by atoms with E-state index < -0.39 is 0 Å². The maximum atomic E-state index is 5.65. The number of nitrogens with one attached hydrogen (secondary N) is 1. The molecule has 0 aliphatic carbocycles. The van der Waals surface area contributed by atoms with Crippen molar-refractivity contribution in [2.45, 2.75) is 19.4 Å². The predicted octanol–water partition coefficient (Wildman–Crippen LogP) is 3.07. The summed E-state index contributed by atoms with van der Waals surface area (Å²) >= 11 is 1.65. The molecule has 0 amide bonds. The first kappa shape index (κ1) is 11.0. The van der Waals surface area contributed by atoms with Gasteiger partial charge in [0.15, 0.2) is 0 Å². The van der Waals surface area contributed by atoms with Crippen molar-refractivity contribution in [2.24, 2.45) is 0 Å². The van der Waals surface area contributed by atoms with Crippen LogP contribution in [0.4, 0.5) is 11.4 Å². The van der Waals surface area contributed by atoms with Crippen LogP contribution in [-0.2, 0) is 5.54 Å². The number of nitrogens with two attached hydrogens (primary N) is 1. The fraction of sp³-hybridized carbons (Fsp3) is 0.250. The van der Waals surface area contributed by atoms with Gasteiger partial charge in [-0.05, 0) is 38.1 Å². The van der Waals surface area contributed by atoms with Gasteiger partial charge in [0.25, 0.3) is 0 Å². The van der Waals surface area contributed by atoms with Crippen LogP contribution in [0, 0.1) is 0 Å². The minimum Gasteiger partial charge on any atom is -0.399 e. The normalized spacial score (nSPS) is 11.4. The molecule has 1 aromatic carbocycles. The molecule has 16 heavy (non-hydrogen) atoms. The number of rotatable bonds is 3. The van der Waals surface area contributed by atoms with Gasteiger partial charge in [-0.2, -0.15) is 0 Å². The molecule has 0 fully saturated rings. The predicted molar refractivity (Wildman–Crippen MR) is 69.6 cm³/mol. The molecule has 2 rings (SSSR count). The molecular weight excluding hydrogens is 218 g/mol. The number of hydrogen-bond donors (Lipinski definition) is 2. The SMILES string of the molecule is CC(C)(Nc1ccc(N)cc1)c1nccs1. The Morgan fingerprint density at radius 2 is 1.94 bits per heavy atom. The molecule has 0 saturated heterocycles. The van der Waals surface area contributed by atoms with Gasteiger partial charge in [-0.15, -0.1) is 11.3 Å². The Balaban J connectivity index is 2.18. The van der Waals surface area contributed by atoms with Crippen molar-refractivity contribution in [3.63, 3.8) is 0 Å². The van der Waals surface area contributed by atoms with E-state index in [0.717, 1.165) is 16.4 Å². The summed E-state index contributed by atoms with van der Waals surface area (Å²) in [5, 5.41) is 6.50. The Hall–Kier alpha value is -1.55. The smallest absolute Gasteiger partial charge is 0.117 e. The zero-order valence-corrected chi connectivity index (χ0v) is 10.2. The van der Waals surface area contributed by atoms with E-state index in [4.69, 9.17) is 5.73 Å². The molecule has 3 nitrogen and oxygen atoms in total. The first-order valence-electron chi connectivity index (χ1n) is 5.12. The molecule has 3 N–H and O–H groups in total. The Morgan fingerprint density at radius 1 is 1.25 bits per heavy atom. The molecule has 4 heteroatoms. The lowest BCUT2D eigenvalue weighted by Gasteiger charge is -2.25. The Morgan fingerprint density at radius 3 is 2.50 bits per heavy atom. The van der Waals surface area contributed by atoms with Gasteiger partial charge in [0.1, 0.15) is 5.01 Å². The van der Waals surface area contributed by atoms with Crippen LogP contribution in [-0.4, -0.2) is 4.98 Å². The molecule has 1 aromatic heterocycles. The highest BCUT2D eigenvalue weighted by atomic mass is 32.1. The lowest BCUT2D eigenvalue weighted by molar-refractivity contribution is 0.604. The van der Waals surface area contributed by atoms with Crippen molar-refractivity contribution in [2.75, 3.05) is 11.1 Å². The van der Waals surface area contributed by atoms with Gasteiger partial charge < -0.3 is 11.1 Å². The molecular formula is C12H15N3S. The van der Waals surface area contributed by atoms with Crippen LogP contribution in [0.2, 0.25) is 0 Å². The highest BCUT2D eigenvalue weighted by Gasteiger charge is 2.22. The number of benzene rings is 1. The zero-order chi connectivity index (χ0) is 11.6. The molecule has 0 saturated carbocycles. The number of thiazole rings is 1. The first-order valence-corrected chi connectivity index (χ1v) is 5.99. The van der Waals surface area contributed by atoms with Gasteiger partial charge in [-0.1, -0.05) is 0 Å². The van der Waals surface area contributed by atoms with E-state index in [2.05, 4.69) is 24.1 Å². The maximum absolute atomic E-state index is 5.65. The van der Waals surface area contributed by atoms with Crippen molar-refractivity contribution in [1.29, 1.82) is 0 Å². The molecule has 2 aromatic rings. The molecule has 0 atom stereocenters. The van der Waals surface area contributed by atoms with Crippen molar-refractivity contribution < 1.29 is 0 Å². The van der Waals surface area contributed by atoms with Crippen LogP contribution in [0.5, 0.6) is 0 Å². The van der Waals surface area contributed by atoms with Crippen molar-refractivity contribution >= 4 is 22.7 Å². The molecule has 0 radical (unpaired) electrons. The van der Waals surface area contributed by atoms with Crippen molar-refractivity contribution in [1.82, 2.24) is 4.98 Å². The second-order valence-electron chi connectivity index (χ2n) is 4.21. The molecule has 0 aliphatic rings. The van der Waals surface area contributed by atoms with Crippen molar-refractivity contribution in [3.8, 4) is 0 Å². The molecule has 0 bridgehead atoms. The summed E-state index contributed by atoms with van der Waals surface area (Å²) in [7, 11) is 0. The average molecular weight is 233 g/mol. The largest absolute Gasteiger partial charge is 0.399 e. The standard InChI is InChI=1S/C12H15N3S/c1-12(2,11-14-7-8-16-11)15-10-5-3-9(13)4-6-10/h3-8,15H,13H2,1-2H3. The Labute approximate surface area is 99.3 Å². The summed E-state index contributed by atoms with van der Waals surface area (Å²) in [6.45, 7) is 4.23. The summed E-state index contributed by atoms with van der Waals surface area (Å²) in [4.78, 5) is 4.33. The second kappa shape index (κ2) is 4.14. The van der Waals surface area contributed by atoms with Gasteiger partial charge in [-0.3, -0.25) is 0 Å². The molecule has 1 heterocycles. The van der Waals surface area contributed by atoms with E-state index in [1.54, 1.807) is 11.3 Å². The zero-order valence-electron chi connectivity index (χ0n) is 9.40. The summed E-state index contributed by atoms with van der Waals surface area (Å²) in [5.74, 6) is 0. The van der Waals surface area contributed by atoms with Crippen LogP contribution in [0.25, 0.3) is 0 Å².